The van der Waals surface area contributed by atoms with Gasteiger partial charge in [-0.2, -0.15) is 0 Å². The molecule has 4 rings (SSSR count). The number of aliphatic hydroxyl groups is 1. The summed E-state index contributed by atoms with van der Waals surface area (Å²) in [5.41, 5.74) is 4.58. The van der Waals surface area contributed by atoms with Crippen LogP contribution in [0.4, 0.5) is 5.82 Å². The van der Waals surface area contributed by atoms with E-state index in [1.54, 1.807) is 6.33 Å². The van der Waals surface area contributed by atoms with Crippen LogP contribution in [0.25, 0.3) is 22.3 Å². The number of hydrogen-bond donors (Lipinski definition) is 2. The van der Waals surface area contributed by atoms with Gasteiger partial charge in [-0.15, -0.1) is 0 Å². The van der Waals surface area contributed by atoms with Gasteiger partial charge in [-0.25, -0.2) is 15.0 Å². The topological polar surface area (TPSA) is 75.9 Å². The fourth-order valence-corrected chi connectivity index (χ4v) is 2.91. The average molecular weight is 345 g/mol. The lowest BCUT2D eigenvalue weighted by Gasteiger charge is -2.13. The second-order valence-electron chi connectivity index (χ2n) is 6.13. The number of nitrogens with zero attached hydrogens (tertiary/aromatic N) is 4. The van der Waals surface area contributed by atoms with Crippen LogP contribution in [0.15, 0.2) is 67.3 Å². The third-order valence-corrected chi connectivity index (χ3v) is 4.36. The van der Waals surface area contributed by atoms with E-state index in [-0.39, 0.29) is 0 Å². The minimum atomic E-state index is -0.645. The zero-order valence-corrected chi connectivity index (χ0v) is 14.4. The van der Waals surface area contributed by atoms with Crippen LogP contribution in [0.2, 0.25) is 0 Å². The molecule has 1 unspecified atom stereocenters. The molecule has 0 fully saturated rings. The molecule has 2 aromatic carbocycles. The van der Waals surface area contributed by atoms with Gasteiger partial charge in [-0.1, -0.05) is 54.6 Å². The molecule has 0 aliphatic heterocycles. The van der Waals surface area contributed by atoms with Crippen LogP contribution < -0.4 is 5.32 Å². The molecular weight excluding hydrogens is 326 g/mol. The summed E-state index contributed by atoms with van der Waals surface area (Å²) < 4.78 is 1.83. The van der Waals surface area contributed by atoms with Gasteiger partial charge in [0.15, 0.2) is 11.5 Å². The summed E-state index contributed by atoms with van der Waals surface area (Å²) in [7, 11) is 1.88. The van der Waals surface area contributed by atoms with E-state index in [0.717, 1.165) is 22.3 Å². The Labute approximate surface area is 151 Å². The molecule has 26 heavy (non-hydrogen) atoms. The van der Waals surface area contributed by atoms with Crippen LogP contribution >= 0.6 is 0 Å². The van der Waals surface area contributed by atoms with E-state index in [9.17, 15) is 5.11 Å². The summed E-state index contributed by atoms with van der Waals surface area (Å²) in [6, 6.07) is 18.1. The van der Waals surface area contributed by atoms with Crippen molar-refractivity contribution in [1.29, 1.82) is 0 Å². The van der Waals surface area contributed by atoms with Crippen molar-refractivity contribution in [3.8, 4) is 11.1 Å². The van der Waals surface area contributed by atoms with Crippen molar-refractivity contribution < 1.29 is 5.11 Å². The molecule has 0 amide bonds. The lowest BCUT2D eigenvalue weighted by Crippen LogP contribution is -2.13. The molecule has 2 N–H and O–H groups in total. The molecule has 6 nitrogen and oxygen atoms in total. The Morgan fingerprint density at radius 3 is 2.46 bits per heavy atom. The van der Waals surface area contributed by atoms with Crippen molar-refractivity contribution >= 4 is 17.0 Å². The van der Waals surface area contributed by atoms with Crippen LogP contribution in [-0.4, -0.2) is 31.2 Å². The predicted molar refractivity (Wildman–Crippen MR) is 102 cm³/mol. The number of rotatable bonds is 5. The molecule has 0 aliphatic carbocycles. The van der Waals surface area contributed by atoms with E-state index in [1.807, 2.05) is 54.1 Å². The first-order valence-electron chi connectivity index (χ1n) is 8.42. The first-order chi connectivity index (χ1) is 12.7. The molecule has 0 saturated heterocycles. The molecule has 0 spiro atoms. The third kappa shape index (κ3) is 3.14. The predicted octanol–water partition coefficient (Wildman–Crippen LogP) is 3.18. The van der Waals surface area contributed by atoms with Crippen molar-refractivity contribution in [3.63, 3.8) is 0 Å². The van der Waals surface area contributed by atoms with Crippen molar-refractivity contribution in [1.82, 2.24) is 19.5 Å². The van der Waals surface area contributed by atoms with Gasteiger partial charge in [0, 0.05) is 13.6 Å². The van der Waals surface area contributed by atoms with Gasteiger partial charge in [0.25, 0.3) is 0 Å². The zero-order valence-electron chi connectivity index (χ0n) is 14.4. The van der Waals surface area contributed by atoms with E-state index in [1.165, 1.54) is 6.33 Å². The van der Waals surface area contributed by atoms with Gasteiger partial charge in [0.1, 0.15) is 11.8 Å². The highest BCUT2D eigenvalue weighted by Gasteiger charge is 2.12. The smallest absolute Gasteiger partial charge is 0.165 e. The van der Waals surface area contributed by atoms with Crippen molar-refractivity contribution in [2.24, 2.45) is 7.05 Å². The molecule has 4 aromatic rings. The molecule has 0 aliphatic rings. The Morgan fingerprint density at radius 1 is 0.962 bits per heavy atom. The lowest BCUT2D eigenvalue weighted by atomic mass is 10.0. The van der Waals surface area contributed by atoms with E-state index in [4.69, 9.17) is 0 Å². The van der Waals surface area contributed by atoms with Crippen molar-refractivity contribution in [3.05, 3.63) is 72.8 Å². The first kappa shape index (κ1) is 16.2. The number of imidazole rings is 1. The summed E-state index contributed by atoms with van der Waals surface area (Å²) >= 11 is 0. The van der Waals surface area contributed by atoms with Gasteiger partial charge in [-0.3, -0.25) is 0 Å². The second-order valence-corrected chi connectivity index (χ2v) is 6.13. The molecule has 0 radical (unpaired) electrons. The summed E-state index contributed by atoms with van der Waals surface area (Å²) in [6.07, 6.45) is 2.55. The molecule has 0 saturated carbocycles. The summed E-state index contributed by atoms with van der Waals surface area (Å²) in [4.78, 5) is 12.8. The quantitative estimate of drug-likeness (QED) is 0.581. The average Bonchev–Trinajstić information content (AvgIpc) is 3.08. The monoisotopic (exact) mass is 345 g/mol. The van der Waals surface area contributed by atoms with E-state index < -0.39 is 6.10 Å². The normalized spacial score (nSPS) is 12.2. The van der Waals surface area contributed by atoms with E-state index >= 15 is 0 Å². The number of hydrogen-bond acceptors (Lipinski definition) is 5. The molecule has 2 aromatic heterocycles. The number of nitrogens with one attached hydrogen (secondary N) is 1. The second kappa shape index (κ2) is 6.93. The van der Waals surface area contributed by atoms with Crippen molar-refractivity contribution in [2.75, 3.05) is 11.9 Å². The molecule has 2 heterocycles. The summed E-state index contributed by atoms with van der Waals surface area (Å²) in [5, 5.41) is 13.7. The Hall–Kier alpha value is -3.25. The highest BCUT2D eigenvalue weighted by molar-refractivity contribution is 5.82. The number of fused-ring (bicyclic) bond motifs is 1. The number of anilines is 1. The SMILES string of the molecule is Cn1cnc2c(NCC(O)c3ccc(-c4ccccc4)cc3)ncnc21. The summed E-state index contributed by atoms with van der Waals surface area (Å²) in [6.45, 7) is 0.341. The fourth-order valence-electron chi connectivity index (χ4n) is 2.91. The minimum absolute atomic E-state index is 0.341. The maximum absolute atomic E-state index is 10.5. The molecule has 1 atom stereocenters. The van der Waals surface area contributed by atoms with Crippen LogP contribution in [-0.2, 0) is 7.05 Å². The molecule has 130 valence electrons. The number of benzene rings is 2. The molecular formula is C20H19N5O. The van der Waals surface area contributed by atoms with Gasteiger partial charge >= 0.3 is 0 Å². The van der Waals surface area contributed by atoms with Crippen LogP contribution in [0.3, 0.4) is 0 Å². The number of aromatic nitrogens is 4. The Morgan fingerprint density at radius 2 is 1.69 bits per heavy atom. The minimum Gasteiger partial charge on any atom is -0.387 e. The number of aryl methyl sites for hydroxylation is 1. The van der Waals surface area contributed by atoms with Crippen molar-refractivity contribution in [2.45, 2.75) is 6.10 Å². The van der Waals surface area contributed by atoms with Gasteiger partial charge in [-0.05, 0) is 16.7 Å². The van der Waals surface area contributed by atoms with Gasteiger partial charge in [0.05, 0.1) is 12.4 Å². The zero-order chi connectivity index (χ0) is 17.9. The maximum Gasteiger partial charge on any atom is 0.165 e. The molecule has 0 bridgehead atoms. The van der Waals surface area contributed by atoms with E-state index in [0.29, 0.717) is 17.9 Å². The summed E-state index contributed by atoms with van der Waals surface area (Å²) in [5.74, 6) is 0.621. The van der Waals surface area contributed by atoms with Crippen LogP contribution in [0, 0.1) is 0 Å². The Kier molecular flexibility index (Phi) is 4.33. The van der Waals surface area contributed by atoms with Crippen LogP contribution in [0.1, 0.15) is 11.7 Å². The highest BCUT2D eigenvalue weighted by atomic mass is 16.3. The maximum atomic E-state index is 10.5. The van der Waals surface area contributed by atoms with Gasteiger partial charge in [0.2, 0.25) is 0 Å². The first-order valence-corrected chi connectivity index (χ1v) is 8.42. The Bertz CT molecular complexity index is 1010. The Balaban J connectivity index is 1.47. The molecule has 6 heteroatoms. The highest BCUT2D eigenvalue weighted by Crippen LogP contribution is 2.23. The number of aliphatic hydroxyl groups excluding tert-OH is 1. The van der Waals surface area contributed by atoms with Crippen LogP contribution in [0.5, 0.6) is 0 Å². The van der Waals surface area contributed by atoms with Gasteiger partial charge < -0.3 is 15.0 Å². The largest absolute Gasteiger partial charge is 0.387 e. The third-order valence-electron chi connectivity index (χ3n) is 4.36. The fraction of sp³-hybridized carbons (Fsp3) is 0.150. The van der Waals surface area contributed by atoms with E-state index in [2.05, 4.69) is 32.4 Å². The lowest BCUT2D eigenvalue weighted by molar-refractivity contribution is 0.191. The standard InChI is InChI=1S/C20H19N5O/c1-25-13-24-18-19(22-12-23-20(18)25)21-11-17(26)16-9-7-15(8-10-16)14-5-3-2-4-6-14/h2-10,12-13,17,26H,11H2,1H3,(H,21,22,23).